The molecule has 0 radical (unpaired) electrons. The maximum absolute atomic E-state index is 13.2. The normalized spacial score (nSPS) is 21.3. The molecule has 1 fully saturated rings. The van der Waals surface area contributed by atoms with Crippen molar-refractivity contribution >= 4 is 5.91 Å². The van der Waals surface area contributed by atoms with E-state index in [-0.39, 0.29) is 29.8 Å². The maximum atomic E-state index is 13.2. The molecule has 2 N–H and O–H groups in total. The number of hydrogen-bond donors (Lipinski definition) is 2. The smallest absolute Gasteiger partial charge is 0.252 e. The lowest BCUT2D eigenvalue weighted by Crippen LogP contribution is -2.41. The minimum absolute atomic E-state index is 0.157. The molecule has 2 aromatic rings. The molecule has 1 aromatic heterocycles. The molecule has 1 atom stereocenters. The highest BCUT2D eigenvalue weighted by Crippen LogP contribution is 2.37. The number of aliphatic hydroxyl groups is 1. The lowest BCUT2D eigenvalue weighted by molar-refractivity contribution is 0.0228. The number of hydrogen-bond acceptors (Lipinski definition) is 3. The van der Waals surface area contributed by atoms with Crippen LogP contribution in [0.1, 0.15) is 40.5 Å². The van der Waals surface area contributed by atoms with Crippen LogP contribution in [0.5, 0.6) is 0 Å². The number of rotatable bonds is 4. The molecule has 0 bridgehead atoms. The van der Waals surface area contributed by atoms with Crippen molar-refractivity contribution < 1.29 is 14.3 Å². The Morgan fingerprint density at radius 2 is 2.13 bits per heavy atom. The topological polar surface area (TPSA) is 62.2 Å². The molecule has 1 aliphatic carbocycles. The molecule has 0 unspecified atom stereocenters. The molecule has 23 heavy (non-hydrogen) atoms. The monoisotopic (exact) mass is 314 g/mol. The number of aliphatic hydroxyl groups excluding tert-OH is 1. The predicted molar refractivity (Wildman–Crippen MR) is 84.3 cm³/mol. The van der Waals surface area contributed by atoms with Crippen LogP contribution in [0.2, 0.25) is 0 Å². The molecule has 3 rings (SSSR count). The SMILES string of the molecule is Cc1cc(F)ccc1C(=O)N[C@H](c1ccccn1)C1CC(O)C1. The van der Waals surface area contributed by atoms with Crippen LogP contribution >= 0.6 is 0 Å². The Morgan fingerprint density at radius 1 is 1.35 bits per heavy atom. The van der Waals surface area contributed by atoms with Crippen LogP contribution in [-0.2, 0) is 0 Å². The van der Waals surface area contributed by atoms with Gasteiger partial charge in [-0.25, -0.2) is 4.39 Å². The summed E-state index contributed by atoms with van der Waals surface area (Å²) in [6, 6.07) is 9.43. The van der Waals surface area contributed by atoms with Crippen molar-refractivity contribution in [1.82, 2.24) is 10.3 Å². The Labute approximate surface area is 134 Å². The van der Waals surface area contributed by atoms with Gasteiger partial charge in [0.15, 0.2) is 0 Å². The van der Waals surface area contributed by atoms with E-state index < -0.39 is 0 Å². The van der Waals surface area contributed by atoms with Crippen molar-refractivity contribution in [1.29, 1.82) is 0 Å². The molecule has 1 heterocycles. The second-order valence-corrected chi connectivity index (χ2v) is 6.05. The van der Waals surface area contributed by atoms with E-state index in [0.29, 0.717) is 24.0 Å². The zero-order chi connectivity index (χ0) is 16.4. The van der Waals surface area contributed by atoms with Gasteiger partial charge in [0.1, 0.15) is 5.82 Å². The minimum Gasteiger partial charge on any atom is -0.393 e. The summed E-state index contributed by atoms with van der Waals surface area (Å²) in [5, 5.41) is 12.6. The highest BCUT2D eigenvalue weighted by molar-refractivity contribution is 5.95. The van der Waals surface area contributed by atoms with Gasteiger partial charge in [0, 0.05) is 11.8 Å². The molecule has 120 valence electrons. The fraction of sp³-hybridized carbons (Fsp3) is 0.333. The number of benzene rings is 1. The number of pyridine rings is 1. The van der Waals surface area contributed by atoms with E-state index in [4.69, 9.17) is 0 Å². The largest absolute Gasteiger partial charge is 0.393 e. The van der Waals surface area contributed by atoms with Crippen molar-refractivity contribution in [3.63, 3.8) is 0 Å². The van der Waals surface area contributed by atoms with Gasteiger partial charge in [0.05, 0.1) is 17.8 Å². The fourth-order valence-electron chi connectivity index (χ4n) is 3.00. The molecular formula is C18H19FN2O2. The number of nitrogens with one attached hydrogen (secondary N) is 1. The summed E-state index contributed by atoms with van der Waals surface area (Å²) in [5.41, 5.74) is 1.82. The van der Waals surface area contributed by atoms with Gasteiger partial charge in [-0.15, -0.1) is 0 Å². The van der Waals surface area contributed by atoms with Crippen LogP contribution in [0.15, 0.2) is 42.6 Å². The van der Waals surface area contributed by atoms with E-state index in [1.165, 1.54) is 18.2 Å². The van der Waals surface area contributed by atoms with Gasteiger partial charge in [0.2, 0.25) is 0 Å². The molecule has 1 amide bonds. The lowest BCUT2D eigenvalue weighted by atomic mass is 9.76. The highest BCUT2D eigenvalue weighted by atomic mass is 19.1. The molecule has 5 heteroatoms. The number of aryl methyl sites for hydroxylation is 1. The van der Waals surface area contributed by atoms with E-state index in [1.807, 2.05) is 18.2 Å². The Hall–Kier alpha value is -2.27. The van der Waals surface area contributed by atoms with E-state index in [1.54, 1.807) is 13.1 Å². The number of nitrogens with zero attached hydrogens (tertiary/aromatic N) is 1. The van der Waals surface area contributed by atoms with E-state index in [2.05, 4.69) is 10.3 Å². The summed E-state index contributed by atoms with van der Waals surface area (Å²) in [6.07, 6.45) is 2.66. The minimum atomic E-state index is -0.359. The lowest BCUT2D eigenvalue weighted by Gasteiger charge is -2.37. The summed E-state index contributed by atoms with van der Waals surface area (Å²) in [4.78, 5) is 16.9. The Bertz CT molecular complexity index is 699. The first kappa shape index (κ1) is 15.6. The number of carbonyl (C=O) groups is 1. The quantitative estimate of drug-likeness (QED) is 0.912. The molecule has 4 nitrogen and oxygen atoms in total. The number of amides is 1. The first-order valence-electron chi connectivity index (χ1n) is 7.70. The highest BCUT2D eigenvalue weighted by Gasteiger charge is 2.36. The third kappa shape index (κ3) is 3.40. The summed E-state index contributed by atoms with van der Waals surface area (Å²) < 4.78 is 13.2. The predicted octanol–water partition coefficient (Wildman–Crippen LogP) is 2.77. The van der Waals surface area contributed by atoms with Gasteiger partial charge < -0.3 is 10.4 Å². The van der Waals surface area contributed by atoms with E-state index in [9.17, 15) is 14.3 Å². The van der Waals surface area contributed by atoms with Gasteiger partial charge in [-0.2, -0.15) is 0 Å². The number of halogens is 1. The Morgan fingerprint density at radius 3 is 2.74 bits per heavy atom. The van der Waals surface area contributed by atoms with Crippen LogP contribution in [0.25, 0.3) is 0 Å². The zero-order valence-electron chi connectivity index (χ0n) is 12.9. The van der Waals surface area contributed by atoms with Gasteiger partial charge in [0.25, 0.3) is 5.91 Å². The van der Waals surface area contributed by atoms with Gasteiger partial charge in [-0.1, -0.05) is 6.07 Å². The third-order valence-corrected chi connectivity index (χ3v) is 4.35. The van der Waals surface area contributed by atoms with Crippen molar-refractivity contribution in [2.24, 2.45) is 5.92 Å². The van der Waals surface area contributed by atoms with Crippen LogP contribution in [0, 0.1) is 18.7 Å². The van der Waals surface area contributed by atoms with Crippen LogP contribution < -0.4 is 5.32 Å². The summed E-state index contributed by atoms with van der Waals surface area (Å²) in [7, 11) is 0. The summed E-state index contributed by atoms with van der Waals surface area (Å²) >= 11 is 0. The van der Waals surface area contributed by atoms with Crippen LogP contribution in [0.3, 0.4) is 0 Å². The van der Waals surface area contributed by atoms with Gasteiger partial charge >= 0.3 is 0 Å². The summed E-state index contributed by atoms with van der Waals surface area (Å²) in [5.74, 6) is -0.452. The van der Waals surface area contributed by atoms with Crippen molar-refractivity contribution in [2.75, 3.05) is 0 Å². The molecule has 1 saturated carbocycles. The van der Waals surface area contributed by atoms with Gasteiger partial charge in [-0.3, -0.25) is 9.78 Å². The molecule has 1 aromatic carbocycles. The molecule has 1 aliphatic rings. The number of carbonyl (C=O) groups excluding carboxylic acids is 1. The first-order valence-corrected chi connectivity index (χ1v) is 7.70. The van der Waals surface area contributed by atoms with Crippen LogP contribution in [-0.4, -0.2) is 22.1 Å². The molecule has 0 aliphatic heterocycles. The maximum Gasteiger partial charge on any atom is 0.252 e. The van der Waals surface area contributed by atoms with Crippen molar-refractivity contribution in [2.45, 2.75) is 31.9 Å². The molecule has 0 spiro atoms. The second-order valence-electron chi connectivity index (χ2n) is 6.05. The molecule has 0 saturated heterocycles. The zero-order valence-corrected chi connectivity index (χ0v) is 12.9. The van der Waals surface area contributed by atoms with Gasteiger partial charge in [-0.05, 0) is 61.6 Å². The second kappa shape index (κ2) is 6.46. The Balaban J connectivity index is 1.82. The summed E-state index contributed by atoms with van der Waals surface area (Å²) in [6.45, 7) is 1.71. The fourth-order valence-corrected chi connectivity index (χ4v) is 3.00. The average Bonchev–Trinajstić information content (AvgIpc) is 2.50. The van der Waals surface area contributed by atoms with Crippen molar-refractivity contribution in [3.05, 3.63) is 65.2 Å². The van der Waals surface area contributed by atoms with Crippen LogP contribution in [0.4, 0.5) is 4.39 Å². The Kier molecular flexibility index (Phi) is 4.39. The van der Waals surface area contributed by atoms with Crippen molar-refractivity contribution in [3.8, 4) is 0 Å². The third-order valence-electron chi connectivity index (χ3n) is 4.35. The standard InChI is InChI=1S/C18H19FN2O2/c1-11-8-13(19)5-6-15(11)18(23)21-17(12-9-14(22)10-12)16-4-2-3-7-20-16/h2-8,12,14,17,22H,9-10H2,1H3,(H,21,23)/t12?,14?,17-/m0/s1. The van der Waals surface area contributed by atoms with E-state index in [0.717, 1.165) is 5.69 Å². The first-order chi connectivity index (χ1) is 11.0. The average molecular weight is 314 g/mol. The number of aromatic nitrogens is 1. The van der Waals surface area contributed by atoms with E-state index >= 15 is 0 Å². The molecular weight excluding hydrogens is 295 g/mol.